The predicted molar refractivity (Wildman–Crippen MR) is 123 cm³/mol. The summed E-state index contributed by atoms with van der Waals surface area (Å²) in [4.78, 5) is 13.1. The number of hydrogen-bond acceptors (Lipinski definition) is 5. The van der Waals surface area contributed by atoms with Gasteiger partial charge in [-0.15, -0.1) is 5.10 Å². The lowest BCUT2D eigenvalue weighted by atomic mass is 10.1. The van der Waals surface area contributed by atoms with Crippen LogP contribution in [0.4, 0.5) is 5.69 Å². The van der Waals surface area contributed by atoms with Crippen LogP contribution in [0, 0.1) is 10.1 Å². The number of fused-ring (bicyclic) bond motifs is 1. The second-order valence-electron chi connectivity index (χ2n) is 8.31. The molecule has 2 aromatic rings. The average molecular weight is 418 g/mol. The maximum atomic E-state index is 11.0. The van der Waals surface area contributed by atoms with E-state index in [9.17, 15) is 10.1 Å². The Morgan fingerprint density at radius 3 is 2.03 bits per heavy atom. The lowest BCUT2D eigenvalue weighted by Gasteiger charge is -2.22. The third-order valence-electron chi connectivity index (χ3n) is 5.70. The van der Waals surface area contributed by atoms with E-state index in [-0.39, 0.29) is 10.6 Å². The van der Waals surface area contributed by atoms with Crippen molar-refractivity contribution in [2.45, 2.75) is 97.6 Å². The summed E-state index contributed by atoms with van der Waals surface area (Å²) in [5.74, 6) is 0. The summed E-state index contributed by atoms with van der Waals surface area (Å²) in [6.07, 6.45) is 15.5. The summed E-state index contributed by atoms with van der Waals surface area (Å²) in [6, 6.07) is 4.81. The van der Waals surface area contributed by atoms with Gasteiger partial charge in [0.25, 0.3) is 5.69 Å². The van der Waals surface area contributed by atoms with Crippen LogP contribution < -0.4 is 0 Å². The highest BCUT2D eigenvalue weighted by atomic mass is 16.6. The molecule has 1 aromatic carbocycles. The number of nitro benzene ring substituents is 1. The summed E-state index contributed by atoms with van der Waals surface area (Å²) in [7, 11) is 0. The van der Waals surface area contributed by atoms with Gasteiger partial charge in [0.05, 0.1) is 17.1 Å². The number of nitro groups is 1. The summed E-state index contributed by atoms with van der Waals surface area (Å²) < 4.78 is 1.88. The number of unbranched alkanes of at least 4 members (excludes halogenated alkanes) is 10. The Hall–Kier alpha value is -2.02. The topological polar surface area (TPSA) is 77.1 Å². The zero-order chi connectivity index (χ0) is 21.6. The van der Waals surface area contributed by atoms with Crippen molar-refractivity contribution in [2.24, 2.45) is 0 Å². The number of benzene rings is 1. The quantitative estimate of drug-likeness (QED) is 0.171. The van der Waals surface area contributed by atoms with Gasteiger partial charge in [0, 0.05) is 12.1 Å². The first-order valence-corrected chi connectivity index (χ1v) is 11.9. The first kappa shape index (κ1) is 24.3. The molecular weight excluding hydrogens is 378 g/mol. The van der Waals surface area contributed by atoms with E-state index >= 15 is 0 Å². The van der Waals surface area contributed by atoms with E-state index in [4.69, 9.17) is 0 Å². The molecule has 0 bridgehead atoms. The van der Waals surface area contributed by atoms with Gasteiger partial charge in [-0.3, -0.25) is 15.0 Å². The number of aromatic nitrogens is 3. The normalized spacial score (nSPS) is 11.6. The summed E-state index contributed by atoms with van der Waals surface area (Å²) in [6.45, 7) is 7.32. The van der Waals surface area contributed by atoms with Crippen molar-refractivity contribution < 1.29 is 4.92 Å². The van der Waals surface area contributed by atoms with Crippen LogP contribution in [0.2, 0.25) is 0 Å². The third-order valence-corrected chi connectivity index (χ3v) is 5.70. The van der Waals surface area contributed by atoms with Gasteiger partial charge >= 0.3 is 0 Å². The van der Waals surface area contributed by atoms with Crippen LogP contribution in [0.15, 0.2) is 18.2 Å². The average Bonchev–Trinajstić information content (AvgIpc) is 3.14. The van der Waals surface area contributed by atoms with Crippen LogP contribution in [0.3, 0.4) is 0 Å². The molecule has 1 heterocycles. The molecule has 0 saturated carbocycles. The Morgan fingerprint density at radius 2 is 1.47 bits per heavy atom. The van der Waals surface area contributed by atoms with Crippen LogP contribution in [-0.4, -0.2) is 37.9 Å². The van der Waals surface area contributed by atoms with Crippen LogP contribution in [0.25, 0.3) is 11.0 Å². The molecule has 0 atom stereocenters. The highest BCUT2D eigenvalue weighted by molar-refractivity contribution is 5.76. The monoisotopic (exact) mass is 417 g/mol. The molecule has 0 saturated heterocycles. The Labute approximate surface area is 181 Å². The molecule has 0 aliphatic rings. The predicted octanol–water partition coefficient (Wildman–Crippen LogP) is 6.32. The van der Waals surface area contributed by atoms with E-state index in [0.717, 1.165) is 18.6 Å². The Balaban J connectivity index is 1.91. The molecule has 7 heteroatoms. The lowest BCUT2D eigenvalue weighted by Crippen LogP contribution is -2.29. The van der Waals surface area contributed by atoms with Crippen molar-refractivity contribution >= 4 is 16.7 Å². The second kappa shape index (κ2) is 14.1. The zero-order valence-electron chi connectivity index (χ0n) is 18.9. The molecule has 0 amide bonds. The van der Waals surface area contributed by atoms with E-state index in [2.05, 4.69) is 29.1 Å². The molecule has 0 aliphatic carbocycles. The molecule has 7 nitrogen and oxygen atoms in total. The largest absolute Gasteiger partial charge is 0.284 e. The molecule has 0 aliphatic heterocycles. The van der Waals surface area contributed by atoms with Gasteiger partial charge in [-0.2, -0.15) is 0 Å². The molecule has 2 rings (SSSR count). The van der Waals surface area contributed by atoms with Crippen molar-refractivity contribution in [3.63, 3.8) is 0 Å². The van der Waals surface area contributed by atoms with Gasteiger partial charge in [-0.25, -0.2) is 4.68 Å². The van der Waals surface area contributed by atoms with E-state index < -0.39 is 0 Å². The minimum Gasteiger partial charge on any atom is -0.284 e. The fraction of sp³-hybridized carbons (Fsp3) is 0.739. The maximum absolute atomic E-state index is 11.0. The highest BCUT2D eigenvalue weighted by Gasteiger charge is 2.13. The van der Waals surface area contributed by atoms with E-state index in [1.54, 1.807) is 6.07 Å². The van der Waals surface area contributed by atoms with E-state index in [1.807, 2.05) is 4.68 Å². The van der Waals surface area contributed by atoms with Crippen LogP contribution in [-0.2, 0) is 6.67 Å². The summed E-state index contributed by atoms with van der Waals surface area (Å²) >= 11 is 0. The van der Waals surface area contributed by atoms with Gasteiger partial charge in [-0.1, -0.05) is 83.3 Å². The second-order valence-corrected chi connectivity index (χ2v) is 8.31. The highest BCUT2D eigenvalue weighted by Crippen LogP contribution is 2.19. The molecule has 0 unspecified atom stereocenters. The fourth-order valence-electron chi connectivity index (χ4n) is 3.85. The van der Waals surface area contributed by atoms with E-state index in [1.165, 1.54) is 89.2 Å². The number of nitrogens with zero attached hydrogens (tertiary/aromatic N) is 5. The van der Waals surface area contributed by atoms with Crippen molar-refractivity contribution in [3.05, 3.63) is 28.3 Å². The summed E-state index contributed by atoms with van der Waals surface area (Å²) in [5.41, 5.74) is 1.50. The first-order valence-electron chi connectivity index (χ1n) is 11.9. The molecule has 0 N–H and O–H groups in total. The first-order chi connectivity index (χ1) is 14.7. The van der Waals surface area contributed by atoms with Gasteiger partial charge in [0.2, 0.25) is 0 Å². The molecule has 168 valence electrons. The van der Waals surface area contributed by atoms with Gasteiger partial charge in [0.1, 0.15) is 5.52 Å². The molecule has 0 fully saturated rings. The van der Waals surface area contributed by atoms with Crippen LogP contribution in [0.5, 0.6) is 0 Å². The van der Waals surface area contributed by atoms with Gasteiger partial charge < -0.3 is 0 Å². The van der Waals surface area contributed by atoms with E-state index in [0.29, 0.717) is 12.2 Å². The molecule has 0 radical (unpaired) electrons. The standard InChI is InChI=1S/C23H39N5O2/c1-3-5-7-9-11-13-17-26(18-14-12-10-8-6-4-2)20-27-23-16-15-21(28(29)30)19-22(23)24-25-27/h15-16,19H,3-14,17-18,20H2,1-2H3. The van der Waals surface area contributed by atoms with Crippen LogP contribution in [0.1, 0.15) is 90.9 Å². The van der Waals surface area contributed by atoms with Crippen molar-refractivity contribution in [1.29, 1.82) is 0 Å². The number of hydrogen-bond donors (Lipinski definition) is 0. The van der Waals surface area contributed by atoms with Crippen LogP contribution >= 0.6 is 0 Å². The molecular formula is C23H39N5O2. The number of non-ortho nitro benzene ring substituents is 1. The third kappa shape index (κ3) is 8.38. The molecule has 1 aromatic heterocycles. The lowest BCUT2D eigenvalue weighted by molar-refractivity contribution is -0.384. The number of rotatable bonds is 17. The van der Waals surface area contributed by atoms with Crippen molar-refractivity contribution in [3.8, 4) is 0 Å². The summed E-state index contributed by atoms with van der Waals surface area (Å²) in [5, 5.41) is 19.4. The molecule has 0 spiro atoms. The van der Waals surface area contributed by atoms with Crippen molar-refractivity contribution in [2.75, 3.05) is 13.1 Å². The minimum atomic E-state index is -0.387. The smallest absolute Gasteiger partial charge is 0.271 e. The van der Waals surface area contributed by atoms with Crippen molar-refractivity contribution in [1.82, 2.24) is 19.9 Å². The Morgan fingerprint density at radius 1 is 0.900 bits per heavy atom. The SMILES string of the molecule is CCCCCCCCN(CCCCCCCC)Cn1nnc2cc([N+](=O)[O-])ccc21. The Kier molecular flexibility index (Phi) is 11.4. The minimum absolute atomic E-state index is 0.0607. The maximum Gasteiger partial charge on any atom is 0.271 e. The van der Waals surface area contributed by atoms with Gasteiger partial charge in [0.15, 0.2) is 0 Å². The Bertz CT molecular complexity index is 730. The zero-order valence-corrected chi connectivity index (χ0v) is 18.9. The fourth-order valence-corrected chi connectivity index (χ4v) is 3.85. The molecule has 30 heavy (non-hydrogen) atoms. The van der Waals surface area contributed by atoms with Gasteiger partial charge in [-0.05, 0) is 32.0 Å².